The Morgan fingerprint density at radius 2 is 2.07 bits per heavy atom. The van der Waals surface area contributed by atoms with Gasteiger partial charge in [-0.15, -0.1) is 0 Å². The lowest BCUT2D eigenvalue weighted by Crippen LogP contribution is -2.26. The van der Waals surface area contributed by atoms with E-state index >= 15 is 0 Å². The van der Waals surface area contributed by atoms with Crippen molar-refractivity contribution in [2.75, 3.05) is 13.7 Å². The lowest BCUT2D eigenvalue weighted by atomic mass is 10.1. The van der Waals surface area contributed by atoms with Crippen LogP contribution in [0.5, 0.6) is 0 Å². The fraction of sp³-hybridized carbons (Fsp3) is 0.364. The standard InChI is InChI=1S/C11H15NO2/c1-9(12-8-11(13)14-2)10-6-4-3-5-7-10/h3-7,9,12H,8H2,1-2H3/t9-/m0/s1. The van der Waals surface area contributed by atoms with Crippen molar-refractivity contribution in [3.8, 4) is 0 Å². The van der Waals surface area contributed by atoms with Crippen LogP contribution in [0, 0.1) is 0 Å². The first-order valence-corrected chi connectivity index (χ1v) is 4.59. The van der Waals surface area contributed by atoms with E-state index in [2.05, 4.69) is 10.1 Å². The predicted octanol–water partition coefficient (Wildman–Crippen LogP) is 1.51. The Hall–Kier alpha value is -1.35. The second kappa shape index (κ2) is 5.40. The summed E-state index contributed by atoms with van der Waals surface area (Å²) in [5.74, 6) is -0.243. The van der Waals surface area contributed by atoms with E-state index < -0.39 is 0 Å². The van der Waals surface area contributed by atoms with Crippen molar-refractivity contribution in [2.24, 2.45) is 0 Å². The molecule has 0 unspecified atom stereocenters. The number of esters is 1. The van der Waals surface area contributed by atoms with Gasteiger partial charge in [0.1, 0.15) is 0 Å². The number of rotatable bonds is 4. The molecule has 0 aliphatic rings. The Morgan fingerprint density at radius 3 is 2.64 bits per heavy atom. The maximum Gasteiger partial charge on any atom is 0.319 e. The van der Waals surface area contributed by atoms with E-state index in [0.717, 1.165) is 5.56 Å². The van der Waals surface area contributed by atoms with E-state index in [1.54, 1.807) is 0 Å². The molecule has 0 amide bonds. The van der Waals surface area contributed by atoms with Crippen LogP contribution in [0.15, 0.2) is 30.3 Å². The maximum absolute atomic E-state index is 10.9. The van der Waals surface area contributed by atoms with E-state index in [4.69, 9.17) is 0 Å². The topological polar surface area (TPSA) is 38.3 Å². The molecule has 0 spiro atoms. The average molecular weight is 193 g/mol. The Bertz CT molecular complexity index is 285. The highest BCUT2D eigenvalue weighted by Crippen LogP contribution is 2.10. The van der Waals surface area contributed by atoms with Crippen molar-refractivity contribution >= 4 is 5.97 Å². The molecule has 1 rings (SSSR count). The summed E-state index contributed by atoms with van der Waals surface area (Å²) in [5.41, 5.74) is 1.16. The summed E-state index contributed by atoms with van der Waals surface area (Å²) in [5, 5.41) is 3.08. The minimum Gasteiger partial charge on any atom is -0.468 e. The third kappa shape index (κ3) is 3.18. The number of nitrogens with one attached hydrogen (secondary N) is 1. The first-order chi connectivity index (χ1) is 6.74. The molecule has 1 aromatic carbocycles. The van der Waals surface area contributed by atoms with Crippen LogP contribution in [0.1, 0.15) is 18.5 Å². The highest BCUT2D eigenvalue weighted by Gasteiger charge is 2.06. The van der Waals surface area contributed by atoms with Gasteiger partial charge in [-0.25, -0.2) is 0 Å². The SMILES string of the molecule is COC(=O)CN[C@@H](C)c1ccccc1. The van der Waals surface area contributed by atoms with E-state index in [-0.39, 0.29) is 18.6 Å². The summed E-state index contributed by atoms with van der Waals surface area (Å²) in [6, 6.07) is 10.1. The number of carbonyl (C=O) groups is 1. The zero-order valence-electron chi connectivity index (χ0n) is 8.49. The highest BCUT2D eigenvalue weighted by molar-refractivity contribution is 5.71. The van der Waals surface area contributed by atoms with Crippen LogP contribution in [0.25, 0.3) is 0 Å². The van der Waals surface area contributed by atoms with Gasteiger partial charge in [0.2, 0.25) is 0 Å². The minimum atomic E-state index is -0.243. The van der Waals surface area contributed by atoms with Crippen molar-refractivity contribution in [1.29, 1.82) is 0 Å². The van der Waals surface area contributed by atoms with E-state index in [0.29, 0.717) is 0 Å². The van der Waals surface area contributed by atoms with E-state index in [1.165, 1.54) is 7.11 Å². The van der Waals surface area contributed by atoms with Crippen LogP contribution >= 0.6 is 0 Å². The molecule has 0 radical (unpaired) electrons. The van der Waals surface area contributed by atoms with Crippen LogP contribution in [-0.4, -0.2) is 19.6 Å². The number of carbonyl (C=O) groups excluding carboxylic acids is 1. The molecule has 0 saturated carbocycles. The molecule has 0 fully saturated rings. The van der Waals surface area contributed by atoms with Crippen LogP contribution in [0.3, 0.4) is 0 Å². The second-order valence-electron chi connectivity index (χ2n) is 3.09. The van der Waals surface area contributed by atoms with Crippen molar-refractivity contribution < 1.29 is 9.53 Å². The van der Waals surface area contributed by atoms with Gasteiger partial charge in [0.05, 0.1) is 13.7 Å². The molecule has 76 valence electrons. The molecule has 3 nitrogen and oxygen atoms in total. The van der Waals surface area contributed by atoms with Gasteiger partial charge >= 0.3 is 5.97 Å². The number of ether oxygens (including phenoxy) is 1. The van der Waals surface area contributed by atoms with Crippen LogP contribution < -0.4 is 5.32 Å². The van der Waals surface area contributed by atoms with Gasteiger partial charge in [-0.2, -0.15) is 0 Å². The van der Waals surface area contributed by atoms with Gasteiger partial charge in [-0.05, 0) is 12.5 Å². The smallest absolute Gasteiger partial charge is 0.319 e. The summed E-state index contributed by atoms with van der Waals surface area (Å²) >= 11 is 0. The van der Waals surface area contributed by atoms with Crippen molar-refractivity contribution in [3.63, 3.8) is 0 Å². The largest absolute Gasteiger partial charge is 0.468 e. The number of benzene rings is 1. The summed E-state index contributed by atoms with van der Waals surface area (Å²) in [6.45, 7) is 2.25. The summed E-state index contributed by atoms with van der Waals surface area (Å²) in [6.07, 6.45) is 0. The number of hydrogen-bond donors (Lipinski definition) is 1. The Labute approximate surface area is 84.1 Å². The molecule has 0 aliphatic heterocycles. The second-order valence-corrected chi connectivity index (χ2v) is 3.09. The third-order valence-electron chi connectivity index (χ3n) is 2.08. The average Bonchev–Trinajstić information content (AvgIpc) is 2.26. The fourth-order valence-corrected chi connectivity index (χ4v) is 1.17. The van der Waals surface area contributed by atoms with E-state index in [9.17, 15) is 4.79 Å². The molecule has 0 heterocycles. The monoisotopic (exact) mass is 193 g/mol. The minimum absolute atomic E-state index is 0.162. The van der Waals surface area contributed by atoms with Gasteiger partial charge in [0.25, 0.3) is 0 Å². The number of hydrogen-bond acceptors (Lipinski definition) is 3. The number of methoxy groups -OCH3 is 1. The molecular weight excluding hydrogens is 178 g/mol. The normalized spacial score (nSPS) is 12.1. The van der Waals surface area contributed by atoms with Crippen LogP contribution in [-0.2, 0) is 9.53 Å². The van der Waals surface area contributed by atoms with Gasteiger partial charge in [-0.1, -0.05) is 30.3 Å². The molecule has 0 aliphatic carbocycles. The zero-order chi connectivity index (χ0) is 10.4. The first kappa shape index (κ1) is 10.7. The lowest BCUT2D eigenvalue weighted by molar-refractivity contribution is -0.139. The first-order valence-electron chi connectivity index (χ1n) is 4.59. The molecule has 1 atom stereocenters. The summed E-state index contributed by atoms with van der Waals surface area (Å²) < 4.78 is 4.54. The Balaban J connectivity index is 2.43. The van der Waals surface area contributed by atoms with Gasteiger partial charge < -0.3 is 10.1 Å². The molecule has 1 aromatic rings. The van der Waals surface area contributed by atoms with Crippen molar-refractivity contribution in [2.45, 2.75) is 13.0 Å². The molecule has 0 aromatic heterocycles. The molecule has 0 saturated heterocycles. The highest BCUT2D eigenvalue weighted by atomic mass is 16.5. The zero-order valence-corrected chi connectivity index (χ0v) is 8.49. The summed E-state index contributed by atoms with van der Waals surface area (Å²) in [7, 11) is 1.39. The quantitative estimate of drug-likeness (QED) is 0.737. The lowest BCUT2D eigenvalue weighted by Gasteiger charge is -2.12. The van der Waals surface area contributed by atoms with Gasteiger partial charge in [0, 0.05) is 6.04 Å². The van der Waals surface area contributed by atoms with Crippen molar-refractivity contribution in [1.82, 2.24) is 5.32 Å². The Kier molecular flexibility index (Phi) is 4.13. The molecule has 14 heavy (non-hydrogen) atoms. The molecule has 0 bridgehead atoms. The molecular formula is C11H15NO2. The summed E-state index contributed by atoms with van der Waals surface area (Å²) in [4.78, 5) is 10.9. The van der Waals surface area contributed by atoms with Gasteiger partial charge in [0.15, 0.2) is 0 Å². The fourth-order valence-electron chi connectivity index (χ4n) is 1.17. The predicted molar refractivity (Wildman–Crippen MR) is 54.9 cm³/mol. The molecule has 3 heteroatoms. The van der Waals surface area contributed by atoms with Crippen LogP contribution in [0.2, 0.25) is 0 Å². The molecule has 1 N–H and O–H groups in total. The Morgan fingerprint density at radius 1 is 1.43 bits per heavy atom. The van der Waals surface area contributed by atoms with Crippen molar-refractivity contribution in [3.05, 3.63) is 35.9 Å². The van der Waals surface area contributed by atoms with E-state index in [1.807, 2.05) is 37.3 Å². The van der Waals surface area contributed by atoms with Crippen LogP contribution in [0.4, 0.5) is 0 Å². The third-order valence-corrected chi connectivity index (χ3v) is 2.08. The maximum atomic E-state index is 10.9. The van der Waals surface area contributed by atoms with Gasteiger partial charge in [-0.3, -0.25) is 4.79 Å².